The van der Waals surface area contributed by atoms with Crippen molar-refractivity contribution < 1.29 is 14.3 Å². The third kappa shape index (κ3) is 3.77. The van der Waals surface area contributed by atoms with Gasteiger partial charge in [-0.15, -0.1) is 0 Å². The molecule has 0 atom stereocenters. The zero-order chi connectivity index (χ0) is 21.3. The molecule has 0 bridgehead atoms. The SMILES string of the molecule is Cc1c(Cl)cccc1N1C(=O)C(Cl)=C(Nc2ccc(Oc3ccccc3)cc2)C1=O. The van der Waals surface area contributed by atoms with Gasteiger partial charge in [0.25, 0.3) is 11.8 Å². The van der Waals surface area contributed by atoms with E-state index in [0.29, 0.717) is 33.5 Å². The Hall–Kier alpha value is -3.28. The van der Waals surface area contributed by atoms with Gasteiger partial charge in [0.15, 0.2) is 0 Å². The lowest BCUT2D eigenvalue weighted by molar-refractivity contribution is -0.120. The molecule has 0 spiro atoms. The van der Waals surface area contributed by atoms with Crippen LogP contribution in [0.2, 0.25) is 5.02 Å². The monoisotopic (exact) mass is 438 g/mol. The third-order valence-electron chi connectivity index (χ3n) is 4.61. The van der Waals surface area contributed by atoms with Gasteiger partial charge in [-0.3, -0.25) is 9.59 Å². The molecular formula is C23H16Cl2N2O3. The lowest BCUT2D eigenvalue weighted by Gasteiger charge is -2.18. The number of nitrogens with zero attached hydrogens (tertiary/aromatic N) is 1. The first kappa shape index (κ1) is 20.0. The Labute approximate surface area is 183 Å². The number of hydrogen-bond acceptors (Lipinski definition) is 4. The maximum atomic E-state index is 12.9. The molecule has 3 aromatic carbocycles. The summed E-state index contributed by atoms with van der Waals surface area (Å²) in [4.78, 5) is 26.6. The first-order valence-corrected chi connectivity index (χ1v) is 9.85. The summed E-state index contributed by atoms with van der Waals surface area (Å²) in [5.41, 5.74) is 1.63. The summed E-state index contributed by atoms with van der Waals surface area (Å²) in [6, 6.07) is 21.4. The number of amides is 2. The second-order valence-corrected chi connectivity index (χ2v) is 7.37. The Kier molecular flexibility index (Phi) is 5.48. The molecule has 4 rings (SSSR count). The lowest BCUT2D eigenvalue weighted by Crippen LogP contribution is -2.32. The fourth-order valence-electron chi connectivity index (χ4n) is 3.04. The van der Waals surface area contributed by atoms with Crippen molar-refractivity contribution in [3.8, 4) is 11.5 Å². The van der Waals surface area contributed by atoms with Gasteiger partial charge in [-0.05, 0) is 61.0 Å². The molecule has 0 aliphatic carbocycles. The summed E-state index contributed by atoms with van der Waals surface area (Å²) in [5.74, 6) is 0.212. The molecule has 5 nitrogen and oxygen atoms in total. The minimum absolute atomic E-state index is 0.0118. The topological polar surface area (TPSA) is 58.6 Å². The Balaban J connectivity index is 1.54. The van der Waals surface area contributed by atoms with E-state index < -0.39 is 11.8 Å². The lowest BCUT2D eigenvalue weighted by atomic mass is 10.2. The van der Waals surface area contributed by atoms with Crippen molar-refractivity contribution in [3.63, 3.8) is 0 Å². The van der Waals surface area contributed by atoms with Gasteiger partial charge in [-0.1, -0.05) is 47.5 Å². The molecule has 0 saturated carbocycles. The highest BCUT2D eigenvalue weighted by atomic mass is 35.5. The number of hydrogen-bond donors (Lipinski definition) is 1. The average Bonchev–Trinajstić information content (AvgIpc) is 2.96. The van der Waals surface area contributed by atoms with Gasteiger partial charge < -0.3 is 10.1 Å². The van der Waals surface area contributed by atoms with Crippen LogP contribution in [0, 0.1) is 6.92 Å². The van der Waals surface area contributed by atoms with Crippen LogP contribution in [-0.2, 0) is 9.59 Å². The van der Waals surface area contributed by atoms with E-state index in [9.17, 15) is 9.59 Å². The predicted octanol–water partition coefficient (Wildman–Crippen LogP) is 5.88. The number of carbonyl (C=O) groups is 2. The van der Waals surface area contributed by atoms with Crippen molar-refractivity contribution in [3.05, 3.63) is 94.1 Å². The van der Waals surface area contributed by atoms with Crippen molar-refractivity contribution >= 4 is 46.4 Å². The second kappa shape index (κ2) is 8.22. The second-order valence-electron chi connectivity index (χ2n) is 6.58. The molecule has 1 aliphatic heterocycles. The first-order valence-electron chi connectivity index (χ1n) is 9.09. The van der Waals surface area contributed by atoms with Crippen LogP contribution in [-0.4, -0.2) is 11.8 Å². The number of anilines is 2. The van der Waals surface area contributed by atoms with Gasteiger partial charge in [0.05, 0.1) is 5.69 Å². The van der Waals surface area contributed by atoms with E-state index in [1.54, 1.807) is 49.4 Å². The molecule has 2 amide bonds. The number of ether oxygens (including phenoxy) is 1. The Bertz CT molecular complexity index is 1160. The molecule has 1 heterocycles. The predicted molar refractivity (Wildman–Crippen MR) is 118 cm³/mol. The quantitative estimate of drug-likeness (QED) is 0.505. The third-order valence-corrected chi connectivity index (χ3v) is 5.37. The molecule has 150 valence electrons. The zero-order valence-corrected chi connectivity index (χ0v) is 17.4. The summed E-state index contributed by atoms with van der Waals surface area (Å²) < 4.78 is 5.75. The van der Waals surface area contributed by atoms with Gasteiger partial charge in [0.1, 0.15) is 22.2 Å². The van der Waals surface area contributed by atoms with Crippen LogP contribution in [0.1, 0.15) is 5.56 Å². The smallest absolute Gasteiger partial charge is 0.283 e. The van der Waals surface area contributed by atoms with E-state index in [1.807, 2.05) is 30.3 Å². The van der Waals surface area contributed by atoms with Crippen molar-refractivity contribution in [2.75, 3.05) is 10.2 Å². The maximum absolute atomic E-state index is 12.9. The van der Waals surface area contributed by atoms with Crippen molar-refractivity contribution in [2.45, 2.75) is 6.92 Å². The van der Waals surface area contributed by atoms with Gasteiger partial charge >= 0.3 is 0 Å². The first-order chi connectivity index (χ1) is 14.5. The minimum atomic E-state index is -0.599. The summed E-state index contributed by atoms with van der Waals surface area (Å²) >= 11 is 12.3. The van der Waals surface area contributed by atoms with Crippen molar-refractivity contribution in [2.24, 2.45) is 0 Å². The molecule has 0 saturated heterocycles. The Morgan fingerprint density at radius 2 is 1.47 bits per heavy atom. The summed E-state index contributed by atoms with van der Waals surface area (Å²) in [7, 11) is 0. The van der Waals surface area contributed by atoms with Crippen LogP contribution >= 0.6 is 23.2 Å². The number of carbonyl (C=O) groups excluding carboxylic acids is 2. The molecule has 0 radical (unpaired) electrons. The molecule has 7 heteroatoms. The Morgan fingerprint density at radius 1 is 0.800 bits per heavy atom. The maximum Gasteiger partial charge on any atom is 0.283 e. The number of rotatable bonds is 5. The summed E-state index contributed by atoms with van der Waals surface area (Å²) in [5, 5.41) is 3.22. The minimum Gasteiger partial charge on any atom is -0.457 e. The van der Waals surface area contributed by atoms with Gasteiger partial charge in [-0.2, -0.15) is 0 Å². The van der Waals surface area contributed by atoms with Gasteiger partial charge in [-0.25, -0.2) is 4.90 Å². The van der Waals surface area contributed by atoms with E-state index in [4.69, 9.17) is 27.9 Å². The van der Waals surface area contributed by atoms with Crippen LogP contribution in [0.4, 0.5) is 11.4 Å². The molecule has 1 N–H and O–H groups in total. The zero-order valence-electron chi connectivity index (χ0n) is 15.9. The van der Waals surface area contributed by atoms with E-state index in [0.717, 1.165) is 4.90 Å². The van der Waals surface area contributed by atoms with E-state index in [-0.39, 0.29) is 10.7 Å². The van der Waals surface area contributed by atoms with Crippen LogP contribution in [0.5, 0.6) is 11.5 Å². The Morgan fingerprint density at radius 3 is 2.17 bits per heavy atom. The summed E-state index contributed by atoms with van der Waals surface area (Å²) in [6.07, 6.45) is 0. The van der Waals surface area contributed by atoms with E-state index in [2.05, 4.69) is 5.32 Å². The molecule has 0 unspecified atom stereocenters. The largest absolute Gasteiger partial charge is 0.457 e. The molecule has 1 aliphatic rings. The number of halogens is 2. The molecule has 3 aromatic rings. The number of para-hydroxylation sites is 1. The van der Waals surface area contributed by atoms with Crippen LogP contribution in [0.25, 0.3) is 0 Å². The highest BCUT2D eigenvalue weighted by Crippen LogP contribution is 2.34. The average molecular weight is 439 g/mol. The highest BCUT2D eigenvalue weighted by molar-refractivity contribution is 6.53. The number of benzene rings is 3. The fraction of sp³-hybridized carbons (Fsp3) is 0.0435. The molecule has 30 heavy (non-hydrogen) atoms. The normalized spacial score (nSPS) is 13.8. The highest BCUT2D eigenvalue weighted by Gasteiger charge is 2.39. The van der Waals surface area contributed by atoms with E-state index in [1.165, 1.54) is 0 Å². The fourth-order valence-corrected chi connectivity index (χ4v) is 3.43. The van der Waals surface area contributed by atoms with Crippen LogP contribution in [0.3, 0.4) is 0 Å². The molecule has 0 fully saturated rings. The van der Waals surface area contributed by atoms with Crippen LogP contribution in [0.15, 0.2) is 83.5 Å². The standard InChI is InChI=1S/C23H16Cl2N2O3/c1-14-18(24)8-5-9-19(14)27-22(28)20(25)21(23(27)29)26-15-10-12-17(13-11-15)30-16-6-3-2-4-7-16/h2-13,26H,1H3. The molecular weight excluding hydrogens is 423 g/mol. The van der Waals surface area contributed by atoms with Gasteiger partial charge in [0, 0.05) is 10.7 Å². The number of nitrogens with one attached hydrogen (secondary N) is 1. The van der Waals surface area contributed by atoms with Gasteiger partial charge in [0.2, 0.25) is 0 Å². The summed E-state index contributed by atoms with van der Waals surface area (Å²) in [6.45, 7) is 1.74. The van der Waals surface area contributed by atoms with E-state index >= 15 is 0 Å². The van der Waals surface area contributed by atoms with Crippen LogP contribution < -0.4 is 15.0 Å². The van der Waals surface area contributed by atoms with Crippen molar-refractivity contribution in [1.82, 2.24) is 0 Å². The number of imide groups is 1. The van der Waals surface area contributed by atoms with Crippen molar-refractivity contribution in [1.29, 1.82) is 0 Å². The molecule has 0 aromatic heterocycles.